The SMILES string of the molecule is Cc1cccc(N(C)CC2=NCCN2)c1Cl.Cl. The maximum atomic E-state index is 6.27. The van der Waals surface area contributed by atoms with Gasteiger partial charge in [-0.25, -0.2) is 0 Å². The van der Waals surface area contributed by atoms with Crippen LogP contribution in [0.1, 0.15) is 5.56 Å². The Hall–Kier alpha value is -0.930. The van der Waals surface area contributed by atoms with E-state index in [4.69, 9.17) is 11.6 Å². The molecule has 1 aromatic carbocycles. The van der Waals surface area contributed by atoms with Crippen LogP contribution in [-0.2, 0) is 0 Å². The van der Waals surface area contributed by atoms with Gasteiger partial charge in [-0.15, -0.1) is 12.4 Å². The molecule has 0 aromatic heterocycles. The Kier molecular flexibility index (Phi) is 5.09. The van der Waals surface area contributed by atoms with Crippen molar-refractivity contribution in [1.29, 1.82) is 0 Å². The summed E-state index contributed by atoms with van der Waals surface area (Å²) in [5.41, 5.74) is 2.16. The number of hydrogen-bond donors (Lipinski definition) is 1. The van der Waals surface area contributed by atoms with Crippen LogP contribution in [-0.4, -0.2) is 32.5 Å². The minimum atomic E-state index is 0. The number of nitrogens with zero attached hydrogens (tertiary/aromatic N) is 2. The van der Waals surface area contributed by atoms with E-state index in [9.17, 15) is 0 Å². The van der Waals surface area contributed by atoms with Crippen molar-refractivity contribution in [2.24, 2.45) is 4.99 Å². The molecule has 0 saturated carbocycles. The maximum Gasteiger partial charge on any atom is 0.116 e. The first-order valence-electron chi connectivity index (χ1n) is 5.42. The van der Waals surface area contributed by atoms with Crippen molar-refractivity contribution in [3.05, 3.63) is 28.8 Å². The lowest BCUT2D eigenvalue weighted by atomic mass is 10.2. The molecule has 0 unspecified atom stereocenters. The van der Waals surface area contributed by atoms with Gasteiger partial charge >= 0.3 is 0 Å². The Morgan fingerprint density at radius 3 is 2.88 bits per heavy atom. The van der Waals surface area contributed by atoms with Crippen molar-refractivity contribution >= 4 is 35.5 Å². The van der Waals surface area contributed by atoms with Gasteiger partial charge in [0.05, 0.1) is 23.8 Å². The van der Waals surface area contributed by atoms with Crippen LogP contribution in [0.15, 0.2) is 23.2 Å². The summed E-state index contributed by atoms with van der Waals surface area (Å²) in [4.78, 5) is 6.49. The Morgan fingerprint density at radius 1 is 1.47 bits per heavy atom. The zero-order valence-electron chi connectivity index (χ0n) is 10.0. The summed E-state index contributed by atoms with van der Waals surface area (Å²) in [6.45, 7) is 4.63. The predicted octanol–water partition coefficient (Wildman–Crippen LogP) is 2.51. The molecule has 0 spiro atoms. The van der Waals surface area contributed by atoms with E-state index < -0.39 is 0 Å². The standard InChI is InChI=1S/C12H16ClN3.ClH/c1-9-4-3-5-10(12(9)13)16(2)8-11-14-6-7-15-11;/h3-5H,6-8H2,1-2H3,(H,14,15);1H. The molecule has 0 bridgehead atoms. The summed E-state index contributed by atoms with van der Waals surface area (Å²) in [5.74, 6) is 1.04. The maximum absolute atomic E-state index is 6.27. The summed E-state index contributed by atoms with van der Waals surface area (Å²) in [5, 5.41) is 4.08. The molecule has 0 aliphatic carbocycles. The summed E-state index contributed by atoms with van der Waals surface area (Å²) < 4.78 is 0. The monoisotopic (exact) mass is 273 g/mol. The van der Waals surface area contributed by atoms with Crippen molar-refractivity contribution in [3.63, 3.8) is 0 Å². The first-order chi connectivity index (χ1) is 7.68. The van der Waals surface area contributed by atoms with Crippen LogP contribution >= 0.6 is 24.0 Å². The molecule has 2 rings (SSSR count). The van der Waals surface area contributed by atoms with E-state index in [0.717, 1.165) is 41.7 Å². The van der Waals surface area contributed by atoms with Gasteiger partial charge in [0.1, 0.15) is 5.84 Å². The number of hydrogen-bond acceptors (Lipinski definition) is 3. The lowest BCUT2D eigenvalue weighted by Crippen LogP contribution is -2.32. The lowest BCUT2D eigenvalue weighted by molar-refractivity contribution is 0.944. The van der Waals surface area contributed by atoms with Crippen molar-refractivity contribution in [1.82, 2.24) is 5.32 Å². The molecule has 0 fully saturated rings. The topological polar surface area (TPSA) is 27.6 Å². The smallest absolute Gasteiger partial charge is 0.116 e. The zero-order chi connectivity index (χ0) is 11.5. The molecule has 1 aliphatic rings. The fourth-order valence-electron chi connectivity index (χ4n) is 1.79. The second kappa shape index (κ2) is 6.12. The number of benzene rings is 1. The summed E-state index contributed by atoms with van der Waals surface area (Å²) in [7, 11) is 2.03. The van der Waals surface area contributed by atoms with Gasteiger partial charge in [-0.05, 0) is 18.6 Å². The molecule has 5 heteroatoms. The van der Waals surface area contributed by atoms with Gasteiger partial charge < -0.3 is 10.2 Å². The molecule has 1 N–H and O–H groups in total. The molecule has 1 heterocycles. The van der Waals surface area contributed by atoms with Crippen LogP contribution in [0, 0.1) is 6.92 Å². The van der Waals surface area contributed by atoms with Crippen molar-refractivity contribution in [2.45, 2.75) is 6.92 Å². The Labute approximate surface area is 113 Å². The largest absolute Gasteiger partial charge is 0.370 e. The van der Waals surface area contributed by atoms with E-state index >= 15 is 0 Å². The van der Waals surface area contributed by atoms with E-state index in [1.807, 2.05) is 32.2 Å². The third-order valence-corrected chi connectivity index (χ3v) is 3.20. The molecule has 0 radical (unpaired) electrons. The molecule has 94 valence electrons. The van der Waals surface area contributed by atoms with E-state index in [1.54, 1.807) is 0 Å². The van der Waals surface area contributed by atoms with Gasteiger partial charge in [0.15, 0.2) is 0 Å². The number of nitrogens with one attached hydrogen (secondary N) is 1. The molecule has 0 saturated heterocycles. The number of aryl methyl sites for hydroxylation is 1. The van der Waals surface area contributed by atoms with Gasteiger partial charge in [0.2, 0.25) is 0 Å². The third-order valence-electron chi connectivity index (χ3n) is 2.71. The second-order valence-electron chi connectivity index (χ2n) is 4.02. The predicted molar refractivity (Wildman–Crippen MR) is 77.0 cm³/mol. The zero-order valence-corrected chi connectivity index (χ0v) is 11.6. The fourth-order valence-corrected chi connectivity index (χ4v) is 2.06. The highest BCUT2D eigenvalue weighted by atomic mass is 35.5. The second-order valence-corrected chi connectivity index (χ2v) is 4.40. The summed E-state index contributed by atoms with van der Waals surface area (Å²) in [6, 6.07) is 6.08. The van der Waals surface area contributed by atoms with E-state index in [0.29, 0.717) is 0 Å². The fraction of sp³-hybridized carbons (Fsp3) is 0.417. The van der Waals surface area contributed by atoms with E-state index in [1.165, 1.54) is 0 Å². The van der Waals surface area contributed by atoms with Gasteiger partial charge in [-0.1, -0.05) is 23.7 Å². The average Bonchev–Trinajstić information content (AvgIpc) is 2.74. The summed E-state index contributed by atoms with van der Waals surface area (Å²) >= 11 is 6.27. The number of likely N-dealkylation sites (N-methyl/N-ethyl adjacent to an activating group) is 1. The van der Waals surface area contributed by atoms with Crippen LogP contribution < -0.4 is 10.2 Å². The number of halogens is 2. The number of rotatable bonds is 3. The Morgan fingerprint density at radius 2 is 2.24 bits per heavy atom. The summed E-state index contributed by atoms with van der Waals surface area (Å²) in [6.07, 6.45) is 0. The highest BCUT2D eigenvalue weighted by Crippen LogP contribution is 2.27. The highest BCUT2D eigenvalue weighted by molar-refractivity contribution is 6.34. The Bertz CT molecular complexity index is 418. The van der Waals surface area contributed by atoms with Crippen LogP contribution in [0.25, 0.3) is 0 Å². The van der Waals surface area contributed by atoms with E-state index in [-0.39, 0.29) is 12.4 Å². The molecule has 17 heavy (non-hydrogen) atoms. The third kappa shape index (κ3) is 3.27. The van der Waals surface area contributed by atoms with Crippen molar-refractivity contribution in [3.8, 4) is 0 Å². The molecule has 0 atom stereocenters. The molecule has 1 aliphatic heterocycles. The van der Waals surface area contributed by atoms with Gasteiger partial charge in [0.25, 0.3) is 0 Å². The van der Waals surface area contributed by atoms with Crippen LogP contribution in [0.2, 0.25) is 5.02 Å². The first-order valence-corrected chi connectivity index (χ1v) is 5.79. The lowest BCUT2D eigenvalue weighted by Gasteiger charge is -2.21. The molecule has 3 nitrogen and oxygen atoms in total. The minimum Gasteiger partial charge on any atom is -0.370 e. The minimum absolute atomic E-state index is 0. The first kappa shape index (κ1) is 14.1. The normalized spacial score (nSPS) is 13.7. The van der Waals surface area contributed by atoms with E-state index in [2.05, 4.69) is 15.2 Å². The molecule has 1 aromatic rings. The number of amidine groups is 1. The Balaban J connectivity index is 0.00000144. The van der Waals surface area contributed by atoms with Crippen LogP contribution in [0.4, 0.5) is 5.69 Å². The van der Waals surface area contributed by atoms with Crippen LogP contribution in [0.5, 0.6) is 0 Å². The quantitative estimate of drug-likeness (QED) is 0.917. The molecular weight excluding hydrogens is 257 g/mol. The number of anilines is 1. The van der Waals surface area contributed by atoms with Gasteiger partial charge in [-0.3, -0.25) is 4.99 Å². The molecular formula is C12H17Cl2N3. The molecule has 0 amide bonds. The number of aliphatic imine (C=N–C) groups is 1. The van der Waals surface area contributed by atoms with Gasteiger partial charge in [-0.2, -0.15) is 0 Å². The van der Waals surface area contributed by atoms with Crippen molar-refractivity contribution < 1.29 is 0 Å². The van der Waals surface area contributed by atoms with Crippen molar-refractivity contribution in [2.75, 3.05) is 31.6 Å². The highest BCUT2D eigenvalue weighted by Gasteiger charge is 2.12. The van der Waals surface area contributed by atoms with Crippen LogP contribution in [0.3, 0.4) is 0 Å². The average molecular weight is 274 g/mol. The van der Waals surface area contributed by atoms with Gasteiger partial charge in [0, 0.05) is 13.6 Å².